The highest BCUT2D eigenvalue weighted by Gasteiger charge is 2.28. The number of carbonyl (C=O) groups excluding carboxylic acids is 1. The summed E-state index contributed by atoms with van der Waals surface area (Å²) in [6, 6.07) is 6.40. The molecule has 1 aromatic rings. The van der Waals surface area contributed by atoms with E-state index in [0.717, 1.165) is 0 Å². The summed E-state index contributed by atoms with van der Waals surface area (Å²) in [5.41, 5.74) is 0. The Morgan fingerprint density at radius 2 is 1.83 bits per heavy atom. The van der Waals surface area contributed by atoms with Gasteiger partial charge in [-0.3, -0.25) is 9.69 Å². The Kier molecular flexibility index (Phi) is 6.85. The summed E-state index contributed by atoms with van der Waals surface area (Å²) >= 11 is 5.41. The van der Waals surface area contributed by atoms with Gasteiger partial charge in [0.1, 0.15) is 11.6 Å². The van der Waals surface area contributed by atoms with Crippen molar-refractivity contribution in [2.24, 2.45) is 0 Å². The maximum atomic E-state index is 12.6. The van der Waals surface area contributed by atoms with Crippen LogP contribution in [-0.4, -0.2) is 75.8 Å². The number of hydrogen-bond donors (Lipinski definition) is 1. The third kappa shape index (κ3) is 4.83. The molecule has 0 aromatic heterocycles. The highest BCUT2D eigenvalue weighted by Crippen LogP contribution is 2.20. The SMILES string of the molecule is COc1ccc(S(=O)(=O)N2CCN(CCNC(=O)CCl)CC2)cc1. The van der Waals surface area contributed by atoms with Gasteiger partial charge in [0.25, 0.3) is 0 Å². The van der Waals surface area contributed by atoms with Crippen LogP contribution in [0.4, 0.5) is 0 Å². The fraction of sp³-hybridized carbons (Fsp3) is 0.533. The number of hydrogen-bond acceptors (Lipinski definition) is 5. The van der Waals surface area contributed by atoms with E-state index in [2.05, 4.69) is 10.2 Å². The van der Waals surface area contributed by atoms with Gasteiger partial charge in [0.2, 0.25) is 15.9 Å². The van der Waals surface area contributed by atoms with Gasteiger partial charge < -0.3 is 10.1 Å². The number of alkyl halides is 1. The van der Waals surface area contributed by atoms with Gasteiger partial charge in [-0.2, -0.15) is 4.31 Å². The smallest absolute Gasteiger partial charge is 0.243 e. The lowest BCUT2D eigenvalue weighted by atomic mass is 10.3. The summed E-state index contributed by atoms with van der Waals surface area (Å²) in [4.78, 5) is 13.5. The lowest BCUT2D eigenvalue weighted by molar-refractivity contribution is -0.118. The summed E-state index contributed by atoms with van der Waals surface area (Å²) in [7, 11) is -1.94. The third-order valence-electron chi connectivity index (χ3n) is 3.90. The quantitative estimate of drug-likeness (QED) is 0.696. The first-order valence-electron chi connectivity index (χ1n) is 7.66. The number of carbonyl (C=O) groups is 1. The zero-order valence-corrected chi connectivity index (χ0v) is 15.1. The van der Waals surface area contributed by atoms with Crippen LogP contribution in [0.2, 0.25) is 0 Å². The number of amides is 1. The number of ether oxygens (including phenoxy) is 1. The van der Waals surface area contributed by atoms with Gasteiger partial charge in [0.05, 0.1) is 12.0 Å². The lowest BCUT2D eigenvalue weighted by Crippen LogP contribution is -2.50. The second-order valence-corrected chi connectivity index (χ2v) is 7.61. The fourth-order valence-electron chi connectivity index (χ4n) is 2.49. The van der Waals surface area contributed by atoms with E-state index in [1.807, 2.05) is 0 Å². The van der Waals surface area contributed by atoms with Crippen molar-refractivity contribution in [3.63, 3.8) is 0 Å². The molecule has 1 amide bonds. The number of methoxy groups -OCH3 is 1. The second-order valence-electron chi connectivity index (χ2n) is 5.40. The molecule has 1 aliphatic rings. The van der Waals surface area contributed by atoms with Crippen molar-refractivity contribution in [1.29, 1.82) is 0 Å². The normalized spacial score (nSPS) is 16.8. The number of rotatable bonds is 7. The summed E-state index contributed by atoms with van der Waals surface area (Å²) < 4.78 is 31.8. The minimum Gasteiger partial charge on any atom is -0.497 e. The van der Waals surface area contributed by atoms with Crippen LogP contribution in [0.15, 0.2) is 29.2 Å². The van der Waals surface area contributed by atoms with E-state index in [4.69, 9.17) is 16.3 Å². The van der Waals surface area contributed by atoms with E-state index in [0.29, 0.717) is 45.0 Å². The van der Waals surface area contributed by atoms with Gasteiger partial charge in [-0.15, -0.1) is 11.6 Å². The summed E-state index contributed by atoms with van der Waals surface area (Å²) in [6.45, 7) is 3.31. The standard InChI is InChI=1S/C15H22ClN3O4S/c1-23-13-2-4-14(5-3-13)24(21,22)19-10-8-18(9-11-19)7-6-17-15(20)12-16/h2-5H,6-12H2,1H3,(H,17,20). The van der Waals surface area contributed by atoms with Gasteiger partial charge in [0, 0.05) is 39.3 Å². The van der Waals surface area contributed by atoms with E-state index in [9.17, 15) is 13.2 Å². The Bertz CT molecular complexity index is 643. The molecule has 1 heterocycles. The minimum atomic E-state index is -3.48. The maximum Gasteiger partial charge on any atom is 0.243 e. The highest BCUT2D eigenvalue weighted by atomic mass is 35.5. The number of piperazine rings is 1. The summed E-state index contributed by atoms with van der Waals surface area (Å²) in [6.07, 6.45) is 0. The van der Waals surface area contributed by atoms with Crippen LogP contribution in [-0.2, 0) is 14.8 Å². The molecule has 7 nitrogen and oxygen atoms in total. The van der Waals surface area contributed by atoms with E-state index in [-0.39, 0.29) is 16.7 Å². The van der Waals surface area contributed by atoms with Crippen LogP contribution >= 0.6 is 11.6 Å². The zero-order valence-electron chi connectivity index (χ0n) is 13.6. The summed E-state index contributed by atoms with van der Waals surface area (Å²) in [5, 5.41) is 2.70. The van der Waals surface area contributed by atoms with Crippen molar-refractivity contribution < 1.29 is 17.9 Å². The van der Waals surface area contributed by atoms with E-state index in [1.54, 1.807) is 24.3 Å². The Morgan fingerprint density at radius 1 is 1.21 bits per heavy atom. The number of nitrogens with one attached hydrogen (secondary N) is 1. The molecule has 0 unspecified atom stereocenters. The van der Waals surface area contributed by atoms with Gasteiger partial charge >= 0.3 is 0 Å². The average Bonchev–Trinajstić information content (AvgIpc) is 2.62. The van der Waals surface area contributed by atoms with Crippen molar-refractivity contribution in [3.05, 3.63) is 24.3 Å². The van der Waals surface area contributed by atoms with Crippen molar-refractivity contribution in [2.75, 3.05) is 52.3 Å². The molecular formula is C15H22ClN3O4S. The zero-order chi connectivity index (χ0) is 17.6. The monoisotopic (exact) mass is 375 g/mol. The van der Waals surface area contributed by atoms with Gasteiger partial charge in [-0.05, 0) is 24.3 Å². The van der Waals surface area contributed by atoms with Crippen LogP contribution in [0.25, 0.3) is 0 Å². The first kappa shape index (κ1) is 19.0. The Balaban J connectivity index is 1.87. The fourth-order valence-corrected chi connectivity index (χ4v) is 4.01. The second kappa shape index (κ2) is 8.66. The molecule has 1 aliphatic heterocycles. The Hall–Kier alpha value is -1.35. The largest absolute Gasteiger partial charge is 0.497 e. The Labute approximate surface area is 147 Å². The molecule has 0 bridgehead atoms. The predicted molar refractivity (Wildman–Crippen MR) is 91.9 cm³/mol. The van der Waals surface area contributed by atoms with Gasteiger partial charge in [0.15, 0.2) is 0 Å². The lowest BCUT2D eigenvalue weighted by Gasteiger charge is -2.33. The highest BCUT2D eigenvalue weighted by molar-refractivity contribution is 7.89. The van der Waals surface area contributed by atoms with Crippen LogP contribution in [0.5, 0.6) is 5.75 Å². The number of sulfonamides is 1. The van der Waals surface area contributed by atoms with Crippen molar-refractivity contribution in [2.45, 2.75) is 4.90 Å². The van der Waals surface area contributed by atoms with Gasteiger partial charge in [-0.25, -0.2) is 8.42 Å². The molecule has 1 fully saturated rings. The van der Waals surface area contributed by atoms with Crippen molar-refractivity contribution in [3.8, 4) is 5.75 Å². The molecule has 0 aliphatic carbocycles. The molecule has 134 valence electrons. The minimum absolute atomic E-state index is 0.0477. The number of benzene rings is 1. The molecule has 2 rings (SSSR count). The van der Waals surface area contributed by atoms with E-state index in [1.165, 1.54) is 11.4 Å². The molecule has 0 spiro atoms. The van der Waals surface area contributed by atoms with Crippen molar-refractivity contribution >= 4 is 27.5 Å². The molecule has 1 saturated heterocycles. The van der Waals surface area contributed by atoms with Crippen LogP contribution < -0.4 is 10.1 Å². The first-order valence-corrected chi connectivity index (χ1v) is 9.64. The molecule has 9 heteroatoms. The number of halogens is 1. The van der Waals surface area contributed by atoms with Gasteiger partial charge in [-0.1, -0.05) is 0 Å². The van der Waals surface area contributed by atoms with Crippen LogP contribution in [0.3, 0.4) is 0 Å². The molecular weight excluding hydrogens is 354 g/mol. The molecule has 1 N–H and O–H groups in total. The van der Waals surface area contributed by atoms with E-state index < -0.39 is 10.0 Å². The van der Waals surface area contributed by atoms with E-state index >= 15 is 0 Å². The maximum absolute atomic E-state index is 12.6. The topological polar surface area (TPSA) is 79.0 Å². The molecule has 1 aromatic carbocycles. The summed E-state index contributed by atoms with van der Waals surface area (Å²) in [5.74, 6) is 0.378. The van der Waals surface area contributed by atoms with Crippen LogP contribution in [0.1, 0.15) is 0 Å². The predicted octanol–water partition coefficient (Wildman–Crippen LogP) is 0.357. The molecule has 0 atom stereocenters. The third-order valence-corrected chi connectivity index (χ3v) is 6.06. The van der Waals surface area contributed by atoms with Crippen LogP contribution in [0, 0.1) is 0 Å². The molecule has 0 saturated carbocycles. The molecule has 24 heavy (non-hydrogen) atoms. The molecule has 0 radical (unpaired) electrons. The average molecular weight is 376 g/mol. The first-order chi connectivity index (χ1) is 11.5. The van der Waals surface area contributed by atoms with Crippen molar-refractivity contribution in [1.82, 2.24) is 14.5 Å². The number of nitrogens with zero attached hydrogens (tertiary/aromatic N) is 2. The Morgan fingerprint density at radius 3 is 2.38 bits per heavy atom.